The minimum atomic E-state index is -0.160. The van der Waals surface area contributed by atoms with E-state index in [1.807, 2.05) is 13.8 Å². The molecule has 2 aromatic rings. The first-order valence-corrected chi connectivity index (χ1v) is 5.75. The van der Waals surface area contributed by atoms with Crippen LogP contribution in [0, 0.1) is 20.8 Å². The molecule has 5 nitrogen and oxygen atoms in total. The number of nitrogens with zero attached hydrogens (tertiary/aromatic N) is 2. The molecule has 0 aliphatic rings. The van der Waals surface area contributed by atoms with Gasteiger partial charge in [0, 0.05) is 12.5 Å². The molecule has 0 atom stereocenters. The molecule has 0 saturated carbocycles. The van der Waals surface area contributed by atoms with Crippen LogP contribution in [0.25, 0.3) is 11.3 Å². The number of carbonyl (C=O) groups is 1. The summed E-state index contributed by atoms with van der Waals surface area (Å²) in [4.78, 5) is 11.1. The highest BCUT2D eigenvalue weighted by Gasteiger charge is 2.15. The van der Waals surface area contributed by atoms with E-state index in [2.05, 4.69) is 39.8 Å². The van der Waals surface area contributed by atoms with Crippen LogP contribution in [0.1, 0.15) is 23.6 Å². The summed E-state index contributed by atoms with van der Waals surface area (Å²) in [6, 6.07) is 4.18. The van der Waals surface area contributed by atoms with Gasteiger partial charge in [-0.15, -0.1) is 5.10 Å². The van der Waals surface area contributed by atoms with Gasteiger partial charge >= 0.3 is 0 Å². The van der Waals surface area contributed by atoms with Gasteiger partial charge in [0.05, 0.1) is 0 Å². The fraction of sp³-hybridized carbons (Fsp3) is 0.308. The number of hydrogen-bond donors (Lipinski definition) is 2. The van der Waals surface area contributed by atoms with Gasteiger partial charge in [0.25, 0.3) is 0 Å². The van der Waals surface area contributed by atoms with Gasteiger partial charge in [-0.1, -0.05) is 17.7 Å². The molecule has 0 aliphatic heterocycles. The van der Waals surface area contributed by atoms with Gasteiger partial charge in [-0.25, -0.2) is 0 Å². The standard InChI is InChI=1S/C13H16N4O/c1-7-5-8(2)11(9(3)6-7)12-13(14-10(4)18)16-17-15-12/h5-6H,1-4H3,(H2,14,15,16,17,18). The molecule has 2 rings (SSSR count). The number of anilines is 1. The van der Waals surface area contributed by atoms with Crippen LogP contribution in [-0.4, -0.2) is 21.3 Å². The Bertz CT molecular complexity index is 578. The maximum atomic E-state index is 11.1. The highest BCUT2D eigenvalue weighted by Crippen LogP contribution is 2.30. The summed E-state index contributed by atoms with van der Waals surface area (Å²) >= 11 is 0. The monoisotopic (exact) mass is 244 g/mol. The van der Waals surface area contributed by atoms with Crippen molar-refractivity contribution in [1.29, 1.82) is 0 Å². The van der Waals surface area contributed by atoms with Crippen LogP contribution >= 0.6 is 0 Å². The average Bonchev–Trinajstić information content (AvgIpc) is 2.63. The van der Waals surface area contributed by atoms with Crippen molar-refractivity contribution in [3.05, 3.63) is 28.8 Å². The topological polar surface area (TPSA) is 70.7 Å². The quantitative estimate of drug-likeness (QED) is 0.851. The van der Waals surface area contributed by atoms with Crippen LogP contribution in [0.15, 0.2) is 12.1 Å². The molecule has 94 valence electrons. The third-order valence-corrected chi connectivity index (χ3v) is 2.76. The first-order valence-electron chi connectivity index (χ1n) is 5.75. The summed E-state index contributed by atoms with van der Waals surface area (Å²) in [6.07, 6.45) is 0. The zero-order valence-corrected chi connectivity index (χ0v) is 11.0. The molecule has 5 heteroatoms. The largest absolute Gasteiger partial charge is 0.308 e. The second-order valence-corrected chi connectivity index (χ2v) is 4.48. The van der Waals surface area contributed by atoms with Crippen molar-refractivity contribution in [2.45, 2.75) is 27.7 Å². The first kappa shape index (κ1) is 12.3. The van der Waals surface area contributed by atoms with E-state index < -0.39 is 0 Å². The molecule has 0 bridgehead atoms. The highest BCUT2D eigenvalue weighted by atomic mass is 16.1. The summed E-state index contributed by atoms with van der Waals surface area (Å²) in [5, 5.41) is 13.3. The molecule has 0 saturated heterocycles. The molecule has 0 fully saturated rings. The SMILES string of the molecule is CC(=O)Nc1n[nH]nc1-c1c(C)cc(C)cc1C. The molecular formula is C13H16N4O. The predicted molar refractivity (Wildman–Crippen MR) is 70.3 cm³/mol. The predicted octanol–water partition coefficient (Wildman–Crippen LogP) is 2.36. The molecule has 1 aromatic carbocycles. The summed E-state index contributed by atoms with van der Waals surface area (Å²) < 4.78 is 0. The van der Waals surface area contributed by atoms with E-state index in [9.17, 15) is 4.79 Å². The van der Waals surface area contributed by atoms with Crippen LogP contribution in [0.3, 0.4) is 0 Å². The second-order valence-electron chi connectivity index (χ2n) is 4.48. The number of H-pyrrole nitrogens is 1. The molecule has 0 unspecified atom stereocenters. The Balaban J connectivity index is 2.56. The van der Waals surface area contributed by atoms with Gasteiger partial charge in [0.2, 0.25) is 5.91 Å². The van der Waals surface area contributed by atoms with Crippen molar-refractivity contribution in [2.75, 3.05) is 5.32 Å². The van der Waals surface area contributed by atoms with Crippen LogP contribution in [-0.2, 0) is 4.79 Å². The summed E-state index contributed by atoms with van der Waals surface area (Å²) in [5.74, 6) is 0.310. The van der Waals surface area contributed by atoms with E-state index >= 15 is 0 Å². The lowest BCUT2D eigenvalue weighted by atomic mass is 9.97. The number of aromatic amines is 1. The highest BCUT2D eigenvalue weighted by molar-refractivity contribution is 5.92. The lowest BCUT2D eigenvalue weighted by molar-refractivity contribution is -0.114. The van der Waals surface area contributed by atoms with E-state index in [1.54, 1.807) is 0 Å². The molecule has 2 N–H and O–H groups in total. The molecule has 1 amide bonds. The van der Waals surface area contributed by atoms with E-state index in [4.69, 9.17) is 0 Å². The molecule has 0 aliphatic carbocycles. The zero-order valence-electron chi connectivity index (χ0n) is 11.0. The lowest BCUT2D eigenvalue weighted by Crippen LogP contribution is -2.07. The van der Waals surface area contributed by atoms with E-state index in [0.29, 0.717) is 11.5 Å². The Hall–Kier alpha value is -2.17. The van der Waals surface area contributed by atoms with Crippen molar-refractivity contribution in [3.63, 3.8) is 0 Å². The number of aryl methyl sites for hydroxylation is 3. The average molecular weight is 244 g/mol. The van der Waals surface area contributed by atoms with Crippen LogP contribution in [0.2, 0.25) is 0 Å². The van der Waals surface area contributed by atoms with Gasteiger partial charge in [-0.2, -0.15) is 10.3 Å². The van der Waals surface area contributed by atoms with Crippen molar-refractivity contribution < 1.29 is 4.79 Å². The lowest BCUT2D eigenvalue weighted by Gasteiger charge is -2.10. The fourth-order valence-corrected chi connectivity index (χ4v) is 2.21. The number of amides is 1. The Morgan fingerprint density at radius 2 is 1.78 bits per heavy atom. The van der Waals surface area contributed by atoms with Gasteiger partial charge in [0.15, 0.2) is 5.82 Å². The number of aromatic nitrogens is 3. The number of carbonyl (C=O) groups excluding carboxylic acids is 1. The zero-order chi connectivity index (χ0) is 13.3. The third kappa shape index (κ3) is 2.25. The first-order chi connectivity index (χ1) is 8.49. The molecule has 0 radical (unpaired) electrons. The Morgan fingerprint density at radius 1 is 1.17 bits per heavy atom. The number of benzene rings is 1. The van der Waals surface area contributed by atoms with Gasteiger partial charge in [-0.05, 0) is 31.9 Å². The van der Waals surface area contributed by atoms with E-state index in [0.717, 1.165) is 16.7 Å². The Kier molecular flexibility index (Phi) is 3.14. The number of nitrogens with one attached hydrogen (secondary N) is 2. The normalized spacial score (nSPS) is 10.4. The second kappa shape index (κ2) is 4.60. The smallest absolute Gasteiger partial charge is 0.222 e. The van der Waals surface area contributed by atoms with Crippen LogP contribution in [0.5, 0.6) is 0 Å². The molecule has 1 heterocycles. The summed E-state index contributed by atoms with van der Waals surface area (Å²) in [5.41, 5.74) is 5.14. The Morgan fingerprint density at radius 3 is 2.33 bits per heavy atom. The fourth-order valence-electron chi connectivity index (χ4n) is 2.21. The van der Waals surface area contributed by atoms with Gasteiger partial charge in [-0.3, -0.25) is 4.79 Å². The van der Waals surface area contributed by atoms with Crippen molar-refractivity contribution >= 4 is 11.7 Å². The molecule has 18 heavy (non-hydrogen) atoms. The van der Waals surface area contributed by atoms with Crippen molar-refractivity contribution in [3.8, 4) is 11.3 Å². The van der Waals surface area contributed by atoms with Crippen molar-refractivity contribution in [2.24, 2.45) is 0 Å². The molecule has 1 aromatic heterocycles. The van der Waals surface area contributed by atoms with Crippen molar-refractivity contribution in [1.82, 2.24) is 15.4 Å². The maximum Gasteiger partial charge on any atom is 0.222 e. The van der Waals surface area contributed by atoms with E-state index in [-0.39, 0.29) is 5.91 Å². The number of hydrogen-bond acceptors (Lipinski definition) is 3. The maximum absolute atomic E-state index is 11.1. The minimum absolute atomic E-state index is 0.160. The van der Waals surface area contributed by atoms with Gasteiger partial charge < -0.3 is 5.32 Å². The number of rotatable bonds is 2. The summed E-state index contributed by atoms with van der Waals surface area (Å²) in [7, 11) is 0. The minimum Gasteiger partial charge on any atom is -0.308 e. The molecule has 0 spiro atoms. The van der Waals surface area contributed by atoms with Crippen LogP contribution in [0.4, 0.5) is 5.82 Å². The van der Waals surface area contributed by atoms with Crippen LogP contribution < -0.4 is 5.32 Å². The van der Waals surface area contributed by atoms with Gasteiger partial charge in [0.1, 0.15) is 5.69 Å². The van der Waals surface area contributed by atoms with E-state index in [1.165, 1.54) is 12.5 Å². The molecular weight excluding hydrogens is 228 g/mol. The third-order valence-electron chi connectivity index (χ3n) is 2.76. The Labute approximate surface area is 106 Å². The summed E-state index contributed by atoms with van der Waals surface area (Å²) in [6.45, 7) is 7.57.